The Morgan fingerprint density at radius 3 is 2.40 bits per heavy atom. The van der Waals surface area contributed by atoms with Crippen molar-refractivity contribution in [3.63, 3.8) is 0 Å². The van der Waals surface area contributed by atoms with E-state index in [0.717, 1.165) is 5.56 Å². The fourth-order valence-corrected chi connectivity index (χ4v) is 3.80. The number of carbonyl (C=O) groups excluding carboxylic acids is 2. The van der Waals surface area contributed by atoms with Gasteiger partial charge in [-0.1, -0.05) is 48.0 Å². The van der Waals surface area contributed by atoms with Crippen molar-refractivity contribution in [2.45, 2.75) is 6.92 Å². The number of nitrogens with zero attached hydrogens (tertiary/aromatic N) is 2. The van der Waals surface area contributed by atoms with Crippen molar-refractivity contribution in [1.29, 1.82) is 0 Å². The number of para-hydroxylation sites is 1. The Morgan fingerprint density at radius 2 is 1.66 bits per heavy atom. The van der Waals surface area contributed by atoms with Gasteiger partial charge in [-0.3, -0.25) is 19.1 Å². The molecule has 7 nitrogen and oxygen atoms in total. The summed E-state index contributed by atoms with van der Waals surface area (Å²) in [4.78, 5) is 38.3. The van der Waals surface area contributed by atoms with Crippen molar-refractivity contribution in [3.8, 4) is 5.69 Å². The summed E-state index contributed by atoms with van der Waals surface area (Å²) in [5.41, 5.74) is 2.71. The Hall–Kier alpha value is -4.36. The summed E-state index contributed by atoms with van der Waals surface area (Å²) in [5, 5.41) is 6.04. The Balaban J connectivity index is 1.50. The minimum atomic E-state index is -0.457. The summed E-state index contributed by atoms with van der Waals surface area (Å²) in [7, 11) is 1.76. The van der Waals surface area contributed by atoms with Crippen LogP contribution in [0.4, 0.5) is 11.4 Å². The summed E-state index contributed by atoms with van der Waals surface area (Å²) >= 11 is 5.96. The molecule has 0 radical (unpaired) electrons. The van der Waals surface area contributed by atoms with Crippen molar-refractivity contribution >= 4 is 40.9 Å². The fourth-order valence-electron chi connectivity index (χ4n) is 3.60. The zero-order valence-corrected chi connectivity index (χ0v) is 19.9. The largest absolute Gasteiger partial charge is 0.322 e. The van der Waals surface area contributed by atoms with Crippen LogP contribution >= 0.6 is 11.6 Å². The van der Waals surface area contributed by atoms with Gasteiger partial charge in [0.1, 0.15) is 5.69 Å². The number of hydrogen-bond acceptors (Lipinski definition) is 3. The maximum atomic E-state index is 13.1. The van der Waals surface area contributed by atoms with Crippen molar-refractivity contribution in [2.24, 2.45) is 7.05 Å². The third-order valence-corrected chi connectivity index (χ3v) is 5.70. The molecule has 4 aromatic rings. The number of rotatable bonds is 6. The highest BCUT2D eigenvalue weighted by molar-refractivity contribution is 6.30. The van der Waals surface area contributed by atoms with Gasteiger partial charge in [-0.25, -0.2) is 4.68 Å². The lowest BCUT2D eigenvalue weighted by molar-refractivity contribution is -0.111. The first-order chi connectivity index (χ1) is 16.8. The lowest BCUT2D eigenvalue weighted by atomic mass is 10.1. The Labute approximate surface area is 207 Å². The minimum Gasteiger partial charge on any atom is -0.322 e. The highest BCUT2D eigenvalue weighted by Crippen LogP contribution is 2.17. The monoisotopic (exact) mass is 486 g/mol. The smallest absolute Gasteiger partial charge is 0.295 e. The number of nitrogens with one attached hydrogen (secondary N) is 2. The quantitative estimate of drug-likeness (QED) is 0.374. The molecule has 1 aromatic heterocycles. The summed E-state index contributed by atoms with van der Waals surface area (Å²) in [6.45, 7) is 1.76. The molecule has 0 aliphatic rings. The second-order valence-electron chi connectivity index (χ2n) is 7.85. The van der Waals surface area contributed by atoms with Crippen LogP contribution < -0.4 is 16.2 Å². The minimum absolute atomic E-state index is 0.195. The zero-order valence-electron chi connectivity index (χ0n) is 19.2. The first-order valence-corrected chi connectivity index (χ1v) is 11.2. The molecule has 0 spiro atoms. The van der Waals surface area contributed by atoms with Crippen LogP contribution in [0.25, 0.3) is 11.8 Å². The number of hydrogen-bond donors (Lipinski definition) is 2. The molecule has 1 heterocycles. The van der Waals surface area contributed by atoms with Gasteiger partial charge in [-0.05, 0) is 61.0 Å². The van der Waals surface area contributed by atoms with Gasteiger partial charge in [0.25, 0.3) is 11.5 Å². The van der Waals surface area contributed by atoms with Crippen molar-refractivity contribution in [1.82, 2.24) is 9.36 Å². The van der Waals surface area contributed by atoms with Gasteiger partial charge in [0.15, 0.2) is 0 Å². The second kappa shape index (κ2) is 10.3. The van der Waals surface area contributed by atoms with E-state index in [9.17, 15) is 14.4 Å². The molecule has 2 amide bonds. The fraction of sp³-hybridized carbons (Fsp3) is 0.0741. The van der Waals surface area contributed by atoms with Gasteiger partial charge < -0.3 is 10.6 Å². The predicted octanol–water partition coefficient (Wildman–Crippen LogP) is 5.04. The molecule has 4 rings (SSSR count). The topological polar surface area (TPSA) is 85.1 Å². The van der Waals surface area contributed by atoms with E-state index in [0.29, 0.717) is 27.7 Å². The molecule has 0 saturated heterocycles. The molecule has 35 heavy (non-hydrogen) atoms. The predicted molar refractivity (Wildman–Crippen MR) is 139 cm³/mol. The van der Waals surface area contributed by atoms with Gasteiger partial charge in [0, 0.05) is 29.4 Å². The number of carbonyl (C=O) groups is 2. The maximum absolute atomic E-state index is 13.1. The van der Waals surface area contributed by atoms with Crippen LogP contribution in [0.5, 0.6) is 0 Å². The van der Waals surface area contributed by atoms with Gasteiger partial charge in [0.2, 0.25) is 5.91 Å². The van der Waals surface area contributed by atoms with Crippen molar-refractivity contribution < 1.29 is 9.59 Å². The molecule has 0 aliphatic carbocycles. The van der Waals surface area contributed by atoms with E-state index in [1.165, 1.54) is 10.8 Å². The number of halogens is 1. The van der Waals surface area contributed by atoms with E-state index >= 15 is 0 Å². The Bertz CT molecular complexity index is 1490. The van der Waals surface area contributed by atoms with Crippen LogP contribution in [-0.4, -0.2) is 21.2 Å². The Morgan fingerprint density at radius 1 is 0.914 bits per heavy atom. The number of amides is 2. The van der Waals surface area contributed by atoms with E-state index in [4.69, 9.17) is 11.6 Å². The molecule has 0 saturated carbocycles. The lowest BCUT2D eigenvalue weighted by Crippen LogP contribution is -2.23. The lowest BCUT2D eigenvalue weighted by Gasteiger charge is -2.07. The molecular weight excluding hydrogens is 464 g/mol. The molecule has 0 fully saturated rings. The normalized spacial score (nSPS) is 10.9. The van der Waals surface area contributed by atoms with Crippen LogP contribution in [-0.2, 0) is 11.8 Å². The number of anilines is 2. The number of aromatic nitrogens is 2. The standard InChI is InChI=1S/C27H23ClN4O3/c1-18-25(27(35)32(31(18)2)23-12-4-3-5-13-23)30-26(34)20-9-7-11-22(17-20)29-24(33)15-14-19-8-6-10-21(28)16-19/h3-17H,1-2H3,(H,29,33)(H,30,34)/b15-14+. The molecule has 0 atom stereocenters. The van der Waals surface area contributed by atoms with Gasteiger partial charge in [-0.2, -0.15) is 0 Å². The molecule has 176 valence electrons. The molecule has 8 heteroatoms. The third kappa shape index (κ3) is 5.42. The first-order valence-electron chi connectivity index (χ1n) is 10.8. The second-order valence-corrected chi connectivity index (χ2v) is 8.29. The van der Waals surface area contributed by atoms with E-state index in [1.807, 2.05) is 36.4 Å². The highest BCUT2D eigenvalue weighted by Gasteiger charge is 2.19. The molecule has 3 aromatic carbocycles. The summed E-state index contributed by atoms with van der Waals surface area (Å²) in [6, 6.07) is 22.8. The zero-order chi connectivity index (χ0) is 24.9. The molecule has 0 unspecified atom stereocenters. The van der Waals surface area contributed by atoms with Crippen LogP contribution in [0.2, 0.25) is 5.02 Å². The highest BCUT2D eigenvalue weighted by atomic mass is 35.5. The van der Waals surface area contributed by atoms with E-state index < -0.39 is 5.91 Å². The third-order valence-electron chi connectivity index (χ3n) is 5.46. The maximum Gasteiger partial charge on any atom is 0.295 e. The average Bonchev–Trinajstić information content (AvgIpc) is 3.06. The van der Waals surface area contributed by atoms with E-state index in [-0.39, 0.29) is 17.2 Å². The number of benzene rings is 3. The summed E-state index contributed by atoms with van der Waals surface area (Å²) in [6.07, 6.45) is 3.03. The molecule has 0 aliphatic heterocycles. The van der Waals surface area contributed by atoms with Crippen LogP contribution in [0.3, 0.4) is 0 Å². The summed E-state index contributed by atoms with van der Waals surface area (Å²) < 4.78 is 3.18. The average molecular weight is 487 g/mol. The molecule has 0 bridgehead atoms. The summed E-state index contributed by atoms with van der Waals surface area (Å²) in [5.74, 6) is -0.811. The van der Waals surface area contributed by atoms with E-state index in [1.54, 1.807) is 67.2 Å². The molecular formula is C27H23ClN4O3. The van der Waals surface area contributed by atoms with Crippen LogP contribution in [0.1, 0.15) is 21.6 Å². The van der Waals surface area contributed by atoms with Gasteiger partial charge >= 0.3 is 0 Å². The van der Waals surface area contributed by atoms with Crippen LogP contribution in [0.15, 0.2) is 89.7 Å². The van der Waals surface area contributed by atoms with Crippen molar-refractivity contribution in [2.75, 3.05) is 10.6 Å². The van der Waals surface area contributed by atoms with Crippen molar-refractivity contribution in [3.05, 3.63) is 117 Å². The Kier molecular flexibility index (Phi) is 6.98. The van der Waals surface area contributed by atoms with E-state index in [2.05, 4.69) is 10.6 Å². The van der Waals surface area contributed by atoms with Gasteiger partial charge in [-0.15, -0.1) is 0 Å². The molecule has 2 N–H and O–H groups in total. The first kappa shape index (κ1) is 23.8. The SMILES string of the molecule is Cc1c(NC(=O)c2cccc(NC(=O)/C=C/c3cccc(Cl)c3)c2)c(=O)n(-c2ccccc2)n1C. The van der Waals surface area contributed by atoms with Crippen LogP contribution in [0, 0.1) is 6.92 Å². The van der Waals surface area contributed by atoms with Gasteiger partial charge in [0.05, 0.1) is 11.4 Å².